The van der Waals surface area contributed by atoms with Crippen molar-refractivity contribution in [2.75, 3.05) is 0 Å². The van der Waals surface area contributed by atoms with Gasteiger partial charge in [-0.3, -0.25) is 0 Å². The van der Waals surface area contributed by atoms with E-state index in [1.54, 1.807) is 0 Å². The lowest BCUT2D eigenvalue weighted by molar-refractivity contribution is 0.653. The number of hydrogen-bond acceptors (Lipinski definition) is 0. The molecule has 0 nitrogen and oxygen atoms in total. The molecule has 122 valence electrons. The Morgan fingerprint density at radius 1 is 0.600 bits per heavy atom. The Morgan fingerprint density at radius 3 is 1.44 bits per heavy atom. The molecule has 5 rings (SSSR count). The van der Waals surface area contributed by atoms with Crippen LogP contribution in [0.2, 0.25) is 0 Å². The Balaban J connectivity index is 1.99. The van der Waals surface area contributed by atoms with Gasteiger partial charge in [0, 0.05) is 5.41 Å². The predicted octanol–water partition coefficient (Wildman–Crippen LogP) is 6.92. The summed E-state index contributed by atoms with van der Waals surface area (Å²) in [5.41, 5.74) is 8.73. The van der Waals surface area contributed by atoms with Crippen LogP contribution in [0.4, 0.5) is 0 Å². The highest BCUT2D eigenvalue weighted by molar-refractivity contribution is 6.01. The molecule has 0 amide bonds. The maximum Gasteiger partial charge on any atom is 0.0164 e. The van der Waals surface area contributed by atoms with Crippen LogP contribution >= 0.6 is 0 Å². The van der Waals surface area contributed by atoms with Gasteiger partial charge in [0.25, 0.3) is 0 Å². The van der Waals surface area contributed by atoms with Crippen molar-refractivity contribution in [3.05, 3.63) is 82.9 Å². The maximum absolute atomic E-state index is 2.40. The van der Waals surface area contributed by atoms with Crippen LogP contribution in [0.3, 0.4) is 0 Å². The smallest absolute Gasteiger partial charge is 0.0164 e. The molecule has 0 fully saturated rings. The molecule has 25 heavy (non-hydrogen) atoms. The molecule has 1 aliphatic carbocycles. The molecule has 0 aromatic heterocycles. The van der Waals surface area contributed by atoms with Gasteiger partial charge in [-0.15, -0.1) is 0 Å². The van der Waals surface area contributed by atoms with Gasteiger partial charge < -0.3 is 0 Å². The Hall–Kier alpha value is -2.60. The normalized spacial score (nSPS) is 14.7. The van der Waals surface area contributed by atoms with Crippen molar-refractivity contribution >= 4 is 21.5 Å². The zero-order valence-corrected chi connectivity index (χ0v) is 15.3. The van der Waals surface area contributed by atoms with Crippen molar-refractivity contribution in [2.45, 2.75) is 33.1 Å². The average molecular weight is 322 g/mol. The Kier molecular flexibility index (Phi) is 2.78. The molecule has 0 unspecified atom stereocenters. The van der Waals surface area contributed by atoms with E-state index in [-0.39, 0.29) is 5.41 Å². The fourth-order valence-electron chi connectivity index (χ4n) is 5.22. The van der Waals surface area contributed by atoms with Gasteiger partial charge in [-0.2, -0.15) is 0 Å². The van der Waals surface area contributed by atoms with E-state index >= 15 is 0 Å². The first-order valence-electron chi connectivity index (χ1n) is 9.06. The molecule has 0 heteroatoms. The predicted molar refractivity (Wildman–Crippen MR) is 108 cm³/mol. The molecule has 0 atom stereocenters. The molecular weight excluding hydrogens is 300 g/mol. The van der Waals surface area contributed by atoms with Crippen LogP contribution in [0, 0.1) is 13.8 Å². The van der Waals surface area contributed by atoms with Crippen molar-refractivity contribution in [2.24, 2.45) is 0 Å². The first-order chi connectivity index (χ1) is 12.0. The van der Waals surface area contributed by atoms with Crippen molar-refractivity contribution in [3.8, 4) is 11.1 Å². The zero-order chi connectivity index (χ0) is 17.3. The second-order valence-electron chi connectivity index (χ2n) is 7.92. The van der Waals surface area contributed by atoms with E-state index < -0.39 is 0 Å². The monoisotopic (exact) mass is 322 g/mol. The van der Waals surface area contributed by atoms with Crippen molar-refractivity contribution < 1.29 is 0 Å². The summed E-state index contributed by atoms with van der Waals surface area (Å²) >= 11 is 0. The number of hydrogen-bond donors (Lipinski definition) is 0. The van der Waals surface area contributed by atoms with Gasteiger partial charge in [-0.1, -0.05) is 62.4 Å². The average Bonchev–Trinajstić information content (AvgIpc) is 2.83. The van der Waals surface area contributed by atoms with E-state index in [1.807, 2.05) is 0 Å². The highest BCUT2D eigenvalue weighted by Gasteiger charge is 2.39. The van der Waals surface area contributed by atoms with Crippen LogP contribution < -0.4 is 0 Å². The molecule has 0 spiro atoms. The third kappa shape index (κ3) is 1.77. The van der Waals surface area contributed by atoms with Gasteiger partial charge in [0.1, 0.15) is 0 Å². The lowest BCUT2D eigenvalue weighted by Gasteiger charge is -2.26. The molecule has 1 aliphatic rings. The van der Waals surface area contributed by atoms with E-state index in [1.165, 1.54) is 54.9 Å². The highest BCUT2D eigenvalue weighted by Crippen LogP contribution is 2.53. The number of aryl methyl sites for hydroxylation is 2. The molecule has 0 N–H and O–H groups in total. The first-order valence-corrected chi connectivity index (χ1v) is 9.06. The van der Waals surface area contributed by atoms with Crippen molar-refractivity contribution in [3.63, 3.8) is 0 Å². The van der Waals surface area contributed by atoms with Crippen molar-refractivity contribution in [1.29, 1.82) is 0 Å². The molecule has 0 saturated carbocycles. The number of benzene rings is 4. The zero-order valence-electron chi connectivity index (χ0n) is 15.3. The fraction of sp³-hybridized carbons (Fsp3) is 0.200. The lowest BCUT2D eigenvalue weighted by atomic mass is 9.77. The molecule has 0 bridgehead atoms. The third-order valence-corrected chi connectivity index (χ3v) is 6.16. The van der Waals surface area contributed by atoms with Gasteiger partial charge >= 0.3 is 0 Å². The summed E-state index contributed by atoms with van der Waals surface area (Å²) in [6, 6.07) is 22.4. The highest BCUT2D eigenvalue weighted by atomic mass is 14.4. The largest absolute Gasteiger partial charge is 0.0616 e. The van der Waals surface area contributed by atoms with E-state index in [0.29, 0.717) is 0 Å². The molecule has 0 aliphatic heterocycles. The molecule has 0 radical (unpaired) electrons. The lowest BCUT2D eigenvalue weighted by Crippen LogP contribution is -2.18. The van der Waals surface area contributed by atoms with Crippen LogP contribution in [-0.4, -0.2) is 0 Å². The van der Waals surface area contributed by atoms with E-state index in [4.69, 9.17) is 0 Å². The summed E-state index contributed by atoms with van der Waals surface area (Å²) < 4.78 is 0. The van der Waals surface area contributed by atoms with Gasteiger partial charge in [0.05, 0.1) is 0 Å². The van der Waals surface area contributed by atoms with E-state index in [2.05, 4.69) is 88.4 Å². The first kappa shape index (κ1) is 14.7. The van der Waals surface area contributed by atoms with Crippen LogP contribution in [0.1, 0.15) is 36.1 Å². The molecule has 0 saturated heterocycles. The topological polar surface area (TPSA) is 0 Å². The minimum atomic E-state index is 0.0346. The van der Waals surface area contributed by atoms with Gasteiger partial charge in [0.2, 0.25) is 0 Å². The molecule has 4 aromatic carbocycles. The molecular formula is C25H22. The third-order valence-electron chi connectivity index (χ3n) is 6.16. The van der Waals surface area contributed by atoms with E-state index in [9.17, 15) is 0 Å². The second kappa shape index (κ2) is 4.73. The van der Waals surface area contributed by atoms with E-state index in [0.717, 1.165) is 0 Å². The fourth-order valence-corrected chi connectivity index (χ4v) is 5.22. The molecule has 0 heterocycles. The van der Waals surface area contributed by atoms with Crippen LogP contribution in [0.15, 0.2) is 60.7 Å². The Labute approximate surface area is 149 Å². The summed E-state index contributed by atoms with van der Waals surface area (Å²) in [6.07, 6.45) is 0. The Bertz CT molecular complexity index is 1080. The van der Waals surface area contributed by atoms with Gasteiger partial charge in [-0.25, -0.2) is 0 Å². The summed E-state index contributed by atoms with van der Waals surface area (Å²) in [5.74, 6) is 0. The summed E-state index contributed by atoms with van der Waals surface area (Å²) in [7, 11) is 0. The summed E-state index contributed by atoms with van der Waals surface area (Å²) in [5, 5.41) is 5.44. The number of rotatable bonds is 0. The SMILES string of the molecule is Cc1c2c(cc3ccccc13)-c1cc3ccccc3c(C)c1C2(C)C. The Morgan fingerprint density at radius 2 is 1.00 bits per heavy atom. The summed E-state index contributed by atoms with van der Waals surface area (Å²) in [4.78, 5) is 0. The van der Waals surface area contributed by atoms with Crippen LogP contribution in [0.5, 0.6) is 0 Å². The maximum atomic E-state index is 2.40. The standard InChI is InChI=1S/C25H22/c1-15-19-11-7-5-9-17(19)13-21-22-14-18-10-6-8-12-20(18)16(2)24(22)25(3,4)23(15)21/h5-14H,1-4H3. The van der Waals surface area contributed by atoms with Crippen LogP contribution in [-0.2, 0) is 5.41 Å². The van der Waals surface area contributed by atoms with Crippen LogP contribution in [0.25, 0.3) is 32.7 Å². The number of fused-ring (bicyclic) bond motifs is 5. The minimum Gasteiger partial charge on any atom is -0.0616 e. The second-order valence-corrected chi connectivity index (χ2v) is 7.92. The quantitative estimate of drug-likeness (QED) is 0.330. The summed E-state index contributed by atoms with van der Waals surface area (Å²) in [6.45, 7) is 9.37. The van der Waals surface area contributed by atoms with Crippen molar-refractivity contribution in [1.82, 2.24) is 0 Å². The minimum absolute atomic E-state index is 0.0346. The molecule has 4 aromatic rings. The van der Waals surface area contributed by atoms with Gasteiger partial charge in [-0.05, 0) is 80.9 Å². The van der Waals surface area contributed by atoms with Gasteiger partial charge in [0.15, 0.2) is 0 Å².